The van der Waals surface area contributed by atoms with E-state index in [4.69, 9.17) is 0 Å². The molecule has 0 N–H and O–H groups in total. The Kier molecular flexibility index (Phi) is 9.43. The summed E-state index contributed by atoms with van der Waals surface area (Å²) in [6, 6.07) is 71.6. The van der Waals surface area contributed by atoms with Gasteiger partial charge in [0.25, 0.3) is 0 Å². The van der Waals surface area contributed by atoms with E-state index in [1.165, 1.54) is 83.1 Å². The molecule has 0 aliphatic rings. The van der Waals surface area contributed by atoms with Crippen LogP contribution in [0, 0.1) is 20.8 Å². The summed E-state index contributed by atoms with van der Waals surface area (Å²) >= 11 is 0. The van der Waals surface area contributed by atoms with Gasteiger partial charge in [0.15, 0.2) is 0 Å². The first-order chi connectivity index (χ1) is 26.0. The van der Waals surface area contributed by atoms with Crippen LogP contribution in [0.15, 0.2) is 200 Å². The van der Waals surface area contributed by atoms with E-state index in [9.17, 15) is 0 Å². The Bertz CT molecular complexity index is 2330. The molecule has 0 heterocycles. The molecule has 0 bridgehead atoms. The summed E-state index contributed by atoms with van der Waals surface area (Å²) < 4.78 is 0. The van der Waals surface area contributed by atoms with Crippen molar-refractivity contribution in [1.82, 2.24) is 0 Å². The van der Waals surface area contributed by atoms with Crippen molar-refractivity contribution in [2.45, 2.75) is 20.8 Å². The van der Waals surface area contributed by atoms with Gasteiger partial charge in [-0.2, -0.15) is 0 Å². The van der Waals surface area contributed by atoms with Crippen LogP contribution in [0.5, 0.6) is 0 Å². The van der Waals surface area contributed by atoms with Gasteiger partial charge in [-0.25, -0.2) is 0 Å². The third kappa shape index (κ3) is 7.00. The van der Waals surface area contributed by atoms with Crippen LogP contribution in [-0.4, -0.2) is 0 Å². The number of anilines is 6. The second-order valence-electron chi connectivity index (χ2n) is 13.7. The van der Waals surface area contributed by atoms with E-state index < -0.39 is 0 Å². The molecule has 2 nitrogen and oxygen atoms in total. The Morgan fingerprint density at radius 2 is 0.509 bits per heavy atom. The fourth-order valence-corrected chi connectivity index (χ4v) is 7.13. The van der Waals surface area contributed by atoms with Crippen molar-refractivity contribution in [3.05, 3.63) is 217 Å². The smallest absolute Gasteiger partial charge is 0.0540 e. The number of hydrogen-bond acceptors (Lipinski definition) is 2. The van der Waals surface area contributed by atoms with Crippen LogP contribution >= 0.6 is 0 Å². The topological polar surface area (TPSA) is 6.48 Å². The Morgan fingerprint density at radius 1 is 0.245 bits per heavy atom. The van der Waals surface area contributed by atoms with E-state index in [-0.39, 0.29) is 0 Å². The summed E-state index contributed by atoms with van der Waals surface area (Å²) in [6.45, 7) is 6.35. The molecule has 0 aliphatic heterocycles. The molecule has 0 atom stereocenters. The fraction of sp³-hybridized carbons (Fsp3) is 0.0588. The maximum Gasteiger partial charge on any atom is 0.0540 e. The van der Waals surface area contributed by atoms with Crippen LogP contribution in [0.25, 0.3) is 32.3 Å². The van der Waals surface area contributed by atoms with E-state index in [2.05, 4.69) is 231 Å². The van der Waals surface area contributed by atoms with Crippen molar-refractivity contribution in [2.24, 2.45) is 0 Å². The molecular weight excluding hydrogens is 641 g/mol. The zero-order chi connectivity index (χ0) is 36.1. The molecule has 0 fully saturated rings. The van der Waals surface area contributed by atoms with Crippen molar-refractivity contribution in [1.29, 1.82) is 0 Å². The summed E-state index contributed by atoms with van der Waals surface area (Å²) in [5.41, 5.74) is 10.9. The van der Waals surface area contributed by atoms with Gasteiger partial charge < -0.3 is 9.80 Å². The highest BCUT2D eigenvalue weighted by Crippen LogP contribution is 2.44. The van der Waals surface area contributed by atoms with Crippen molar-refractivity contribution in [3.63, 3.8) is 0 Å². The molecule has 9 rings (SSSR count). The standard InChI is InChI=1S/C30H21N.C21H21N/c1-4-16-25-22(10-1)13-7-19-28(25)31(29-20-8-14-23-11-2-5-17-26(23)29)30-21-9-15-24-12-3-6-18-27(24)30;1-16-4-10-19(11-5-16)22(20-12-6-17(2)7-13-20)21-14-8-18(3)9-15-21/h1-21H;4-15H,1-3H3. The van der Waals surface area contributed by atoms with Crippen LogP contribution in [0.4, 0.5) is 34.1 Å². The minimum absolute atomic E-state index is 1.18. The van der Waals surface area contributed by atoms with Gasteiger partial charge in [0.1, 0.15) is 0 Å². The predicted octanol–water partition coefficient (Wildman–Crippen LogP) is 14.7. The first kappa shape index (κ1) is 33.5. The lowest BCUT2D eigenvalue weighted by Crippen LogP contribution is -2.11. The van der Waals surface area contributed by atoms with Crippen molar-refractivity contribution >= 4 is 66.4 Å². The molecule has 9 aromatic carbocycles. The van der Waals surface area contributed by atoms with Gasteiger partial charge >= 0.3 is 0 Å². The second-order valence-corrected chi connectivity index (χ2v) is 13.7. The highest BCUT2D eigenvalue weighted by Gasteiger charge is 2.19. The van der Waals surface area contributed by atoms with Crippen molar-refractivity contribution in [2.75, 3.05) is 9.80 Å². The molecule has 0 aliphatic carbocycles. The van der Waals surface area contributed by atoms with E-state index in [0.29, 0.717) is 0 Å². The molecule has 53 heavy (non-hydrogen) atoms. The van der Waals surface area contributed by atoms with Gasteiger partial charge in [-0.1, -0.05) is 162 Å². The summed E-state index contributed by atoms with van der Waals surface area (Å²) in [4.78, 5) is 4.71. The van der Waals surface area contributed by atoms with Crippen LogP contribution < -0.4 is 9.80 Å². The lowest BCUT2D eigenvalue weighted by Gasteiger charge is -2.29. The molecule has 0 saturated heterocycles. The molecule has 256 valence electrons. The summed E-state index contributed by atoms with van der Waals surface area (Å²) in [7, 11) is 0. The van der Waals surface area contributed by atoms with Gasteiger partial charge in [-0.05, 0) is 91.5 Å². The zero-order valence-electron chi connectivity index (χ0n) is 30.4. The highest BCUT2D eigenvalue weighted by atomic mass is 15.1. The second kappa shape index (κ2) is 14.9. The Hall–Kier alpha value is -6.64. The third-order valence-electron chi connectivity index (χ3n) is 9.90. The van der Waals surface area contributed by atoms with Gasteiger partial charge in [0.05, 0.1) is 17.1 Å². The number of benzene rings is 9. The molecule has 0 aromatic heterocycles. The molecule has 0 amide bonds. The molecule has 0 radical (unpaired) electrons. The Labute approximate surface area is 312 Å². The van der Waals surface area contributed by atoms with E-state index in [1.54, 1.807) is 0 Å². The summed E-state index contributed by atoms with van der Waals surface area (Å²) in [5, 5.41) is 7.45. The third-order valence-corrected chi connectivity index (χ3v) is 9.90. The van der Waals surface area contributed by atoms with Crippen LogP contribution in [0.3, 0.4) is 0 Å². The SMILES string of the molecule is Cc1ccc(N(c2ccc(C)cc2)c2ccc(C)cc2)cc1.c1ccc2c(N(c3cccc4ccccc34)c3cccc4ccccc34)cccc2c1. The summed E-state index contributed by atoms with van der Waals surface area (Å²) in [5.74, 6) is 0. The lowest BCUT2D eigenvalue weighted by atomic mass is 10.0. The largest absolute Gasteiger partial charge is 0.311 e. The Balaban J connectivity index is 0.000000161. The highest BCUT2D eigenvalue weighted by molar-refractivity contribution is 6.09. The predicted molar refractivity (Wildman–Crippen MR) is 229 cm³/mol. The van der Waals surface area contributed by atoms with Gasteiger partial charge in [-0.15, -0.1) is 0 Å². The molecule has 9 aromatic rings. The Morgan fingerprint density at radius 3 is 0.811 bits per heavy atom. The van der Waals surface area contributed by atoms with Crippen molar-refractivity contribution in [3.8, 4) is 0 Å². The normalized spacial score (nSPS) is 10.9. The fourth-order valence-electron chi connectivity index (χ4n) is 7.13. The van der Waals surface area contributed by atoms with Crippen LogP contribution in [0.2, 0.25) is 0 Å². The number of nitrogens with zero attached hydrogens (tertiary/aromatic N) is 2. The lowest BCUT2D eigenvalue weighted by molar-refractivity contribution is 1.26. The van der Waals surface area contributed by atoms with Gasteiger partial charge in [0, 0.05) is 33.2 Å². The number of rotatable bonds is 6. The molecular formula is C51H42N2. The summed E-state index contributed by atoms with van der Waals surface area (Å²) in [6.07, 6.45) is 0. The van der Waals surface area contributed by atoms with Gasteiger partial charge in [-0.3, -0.25) is 0 Å². The molecule has 0 unspecified atom stereocenters. The zero-order valence-corrected chi connectivity index (χ0v) is 30.4. The van der Waals surface area contributed by atoms with Crippen LogP contribution in [-0.2, 0) is 0 Å². The van der Waals surface area contributed by atoms with E-state index in [0.717, 1.165) is 0 Å². The van der Waals surface area contributed by atoms with Crippen molar-refractivity contribution < 1.29 is 0 Å². The monoisotopic (exact) mass is 682 g/mol. The molecule has 0 spiro atoms. The number of fused-ring (bicyclic) bond motifs is 3. The average Bonchev–Trinajstić information content (AvgIpc) is 3.21. The first-order valence-electron chi connectivity index (χ1n) is 18.3. The van der Waals surface area contributed by atoms with E-state index in [1.807, 2.05) is 0 Å². The maximum atomic E-state index is 2.42. The van der Waals surface area contributed by atoms with Gasteiger partial charge in [0.2, 0.25) is 0 Å². The average molecular weight is 683 g/mol. The number of hydrogen-bond donors (Lipinski definition) is 0. The van der Waals surface area contributed by atoms with E-state index >= 15 is 0 Å². The maximum absolute atomic E-state index is 2.42. The molecule has 2 heteroatoms. The molecule has 0 saturated carbocycles. The van der Waals surface area contributed by atoms with Crippen LogP contribution in [0.1, 0.15) is 16.7 Å². The first-order valence-corrected chi connectivity index (χ1v) is 18.3. The quantitative estimate of drug-likeness (QED) is 0.172. The minimum Gasteiger partial charge on any atom is -0.311 e. The minimum atomic E-state index is 1.18. The number of aryl methyl sites for hydroxylation is 3.